The first kappa shape index (κ1) is 20.8. The molecule has 2 aromatic carbocycles. The van der Waals surface area contributed by atoms with Gasteiger partial charge in [-0.05, 0) is 30.2 Å². The van der Waals surface area contributed by atoms with Gasteiger partial charge >= 0.3 is 0 Å². The summed E-state index contributed by atoms with van der Waals surface area (Å²) in [5.74, 6) is -1.42. The van der Waals surface area contributed by atoms with Crippen LogP contribution in [0.1, 0.15) is 26.4 Å². The average Bonchev–Trinajstić information content (AvgIpc) is 3.31. The quantitative estimate of drug-likeness (QED) is 0.441. The maximum Gasteiger partial charge on any atom is 0.277 e. The van der Waals surface area contributed by atoms with Crippen LogP contribution < -0.4 is 5.73 Å². The topological polar surface area (TPSA) is 105 Å². The van der Waals surface area contributed by atoms with Crippen LogP contribution in [0, 0.1) is 5.82 Å². The largest absolute Gasteiger partial charge is 0.368 e. The maximum absolute atomic E-state index is 14.7. The molecule has 33 heavy (non-hydrogen) atoms. The van der Waals surface area contributed by atoms with Crippen molar-refractivity contribution in [1.29, 1.82) is 0 Å². The van der Waals surface area contributed by atoms with Gasteiger partial charge in [-0.15, -0.1) is 0 Å². The van der Waals surface area contributed by atoms with E-state index in [0.29, 0.717) is 28.8 Å². The lowest BCUT2D eigenvalue weighted by atomic mass is 9.99. The monoisotopic (exact) mass is 461 g/mol. The van der Waals surface area contributed by atoms with E-state index < -0.39 is 11.7 Å². The number of nitrogens with zero attached hydrogens (tertiary/aromatic N) is 3. The third-order valence-electron chi connectivity index (χ3n) is 5.58. The van der Waals surface area contributed by atoms with Gasteiger partial charge in [-0.3, -0.25) is 14.5 Å². The summed E-state index contributed by atoms with van der Waals surface area (Å²) >= 11 is 5.95. The van der Waals surface area contributed by atoms with Crippen LogP contribution >= 0.6 is 11.6 Å². The first-order valence-corrected chi connectivity index (χ1v) is 10.5. The second kappa shape index (κ2) is 8.14. The highest BCUT2D eigenvalue weighted by Gasteiger charge is 2.30. The van der Waals surface area contributed by atoms with Gasteiger partial charge in [0.15, 0.2) is 0 Å². The van der Waals surface area contributed by atoms with Crippen LogP contribution in [0.5, 0.6) is 0 Å². The molecule has 1 aliphatic heterocycles. The fourth-order valence-electron chi connectivity index (χ4n) is 3.94. The minimum atomic E-state index is -0.613. The molecule has 0 spiro atoms. The number of amides is 2. The lowest BCUT2D eigenvalue weighted by molar-refractivity contribution is 0.0602. The molecule has 3 heterocycles. The van der Waals surface area contributed by atoms with E-state index in [1.807, 2.05) is 12.1 Å². The van der Waals surface area contributed by atoms with Crippen molar-refractivity contribution in [3.63, 3.8) is 0 Å². The standard InChI is InChI=1S/C24H17ClFN5O2/c25-18-7-3-6-16(20(18)26)17-12-29-24(27)30-21(17)14-10-19(28-11-14)23(33)31-9-8-13-4-1-2-5-15(13)22(31)32/h1-7,10-12,28H,8-9H2,(H2,27,29,30). The Morgan fingerprint density at radius 2 is 1.91 bits per heavy atom. The SMILES string of the molecule is Nc1ncc(-c2cccc(Cl)c2F)c(-c2c[nH]c(C(=O)N3CCc4ccccc4C3=O)c2)n1. The summed E-state index contributed by atoms with van der Waals surface area (Å²) < 4.78 is 14.7. The second-order valence-corrected chi connectivity index (χ2v) is 7.97. The number of benzene rings is 2. The van der Waals surface area contributed by atoms with Crippen molar-refractivity contribution in [2.45, 2.75) is 6.42 Å². The second-order valence-electron chi connectivity index (χ2n) is 7.56. The highest BCUT2D eigenvalue weighted by molar-refractivity contribution is 6.31. The zero-order chi connectivity index (χ0) is 23.1. The summed E-state index contributed by atoms with van der Waals surface area (Å²) in [4.78, 5) is 38.4. The number of aromatic nitrogens is 3. The minimum Gasteiger partial charge on any atom is -0.368 e. The molecule has 7 nitrogen and oxygen atoms in total. The molecule has 0 unspecified atom stereocenters. The minimum absolute atomic E-state index is 0.00641. The molecule has 2 aromatic heterocycles. The van der Waals surface area contributed by atoms with Crippen molar-refractivity contribution >= 4 is 29.4 Å². The number of nitrogens with two attached hydrogens (primary N) is 1. The smallest absolute Gasteiger partial charge is 0.277 e. The molecule has 9 heteroatoms. The number of anilines is 1. The van der Waals surface area contributed by atoms with Gasteiger partial charge in [0.25, 0.3) is 11.8 Å². The number of fused-ring (bicyclic) bond motifs is 1. The van der Waals surface area contributed by atoms with Crippen molar-refractivity contribution in [3.05, 3.63) is 88.6 Å². The van der Waals surface area contributed by atoms with Crippen LogP contribution in [0.15, 0.2) is 60.9 Å². The fraction of sp³-hybridized carbons (Fsp3) is 0.0833. The Hall–Kier alpha value is -4.04. The lowest BCUT2D eigenvalue weighted by Crippen LogP contribution is -2.42. The third-order valence-corrected chi connectivity index (χ3v) is 5.87. The number of imide groups is 1. The van der Waals surface area contributed by atoms with Crippen molar-refractivity contribution in [3.8, 4) is 22.4 Å². The van der Waals surface area contributed by atoms with Crippen molar-refractivity contribution in [2.75, 3.05) is 12.3 Å². The Bertz CT molecular complexity index is 1420. The first-order chi connectivity index (χ1) is 15.9. The van der Waals surface area contributed by atoms with Crippen molar-refractivity contribution < 1.29 is 14.0 Å². The Morgan fingerprint density at radius 1 is 1.12 bits per heavy atom. The third kappa shape index (κ3) is 3.64. The number of carbonyl (C=O) groups is 2. The molecule has 0 atom stereocenters. The molecule has 0 bridgehead atoms. The number of H-pyrrole nitrogens is 1. The number of rotatable bonds is 3. The molecule has 3 N–H and O–H groups in total. The van der Waals surface area contributed by atoms with Gasteiger partial charge in [0.1, 0.15) is 11.5 Å². The fourth-order valence-corrected chi connectivity index (χ4v) is 4.12. The van der Waals surface area contributed by atoms with Gasteiger partial charge in [0.2, 0.25) is 5.95 Å². The van der Waals surface area contributed by atoms with Crippen LogP contribution in [0.4, 0.5) is 10.3 Å². The molecule has 2 amide bonds. The molecule has 1 aliphatic rings. The van der Waals surface area contributed by atoms with Crippen LogP contribution in [-0.2, 0) is 6.42 Å². The molecule has 5 rings (SSSR count). The highest BCUT2D eigenvalue weighted by atomic mass is 35.5. The summed E-state index contributed by atoms with van der Waals surface area (Å²) in [5.41, 5.74) is 8.82. The molecular weight excluding hydrogens is 445 g/mol. The van der Waals surface area contributed by atoms with E-state index in [1.54, 1.807) is 36.5 Å². The van der Waals surface area contributed by atoms with E-state index >= 15 is 0 Å². The van der Waals surface area contributed by atoms with E-state index in [2.05, 4.69) is 15.0 Å². The number of hydrogen-bond acceptors (Lipinski definition) is 5. The zero-order valence-corrected chi connectivity index (χ0v) is 17.9. The Kier molecular flexibility index (Phi) is 5.14. The Morgan fingerprint density at radius 3 is 2.76 bits per heavy atom. The lowest BCUT2D eigenvalue weighted by Gasteiger charge is -2.26. The predicted octanol–water partition coefficient (Wildman–Crippen LogP) is 4.35. The Labute approximate surface area is 193 Å². The van der Waals surface area contributed by atoms with Gasteiger partial charge in [0.05, 0.1) is 10.7 Å². The van der Waals surface area contributed by atoms with Gasteiger partial charge < -0.3 is 10.7 Å². The van der Waals surface area contributed by atoms with Crippen LogP contribution in [0.25, 0.3) is 22.4 Å². The number of hydrogen-bond donors (Lipinski definition) is 2. The summed E-state index contributed by atoms with van der Waals surface area (Å²) in [5, 5.41) is -0.0379. The summed E-state index contributed by atoms with van der Waals surface area (Å²) in [6, 6.07) is 13.4. The maximum atomic E-state index is 14.7. The molecule has 164 valence electrons. The Balaban J connectivity index is 1.51. The van der Waals surface area contributed by atoms with Crippen LogP contribution in [0.2, 0.25) is 5.02 Å². The van der Waals surface area contributed by atoms with Gasteiger partial charge in [-0.1, -0.05) is 41.9 Å². The number of halogens is 2. The highest BCUT2D eigenvalue weighted by Crippen LogP contribution is 2.34. The molecule has 4 aromatic rings. The van der Waals surface area contributed by atoms with E-state index in [4.69, 9.17) is 17.3 Å². The first-order valence-electron chi connectivity index (χ1n) is 10.1. The number of carbonyl (C=O) groups excluding carboxylic acids is 2. The molecular formula is C24H17ClFN5O2. The zero-order valence-electron chi connectivity index (χ0n) is 17.2. The van der Waals surface area contributed by atoms with E-state index in [1.165, 1.54) is 17.2 Å². The molecule has 0 aliphatic carbocycles. The normalized spacial score (nSPS) is 13.2. The van der Waals surface area contributed by atoms with E-state index in [-0.39, 0.29) is 34.7 Å². The van der Waals surface area contributed by atoms with Crippen molar-refractivity contribution in [1.82, 2.24) is 19.9 Å². The molecule has 0 fully saturated rings. The summed E-state index contributed by atoms with van der Waals surface area (Å²) in [6.07, 6.45) is 3.55. The van der Waals surface area contributed by atoms with Crippen molar-refractivity contribution in [2.24, 2.45) is 0 Å². The van der Waals surface area contributed by atoms with E-state index in [9.17, 15) is 14.0 Å². The van der Waals surface area contributed by atoms with Gasteiger partial charge in [0, 0.05) is 41.2 Å². The number of aromatic amines is 1. The van der Waals surface area contributed by atoms with Crippen LogP contribution in [-0.4, -0.2) is 38.2 Å². The molecule has 0 saturated heterocycles. The van der Waals surface area contributed by atoms with Gasteiger partial charge in [-0.25, -0.2) is 14.4 Å². The predicted molar refractivity (Wildman–Crippen MR) is 122 cm³/mol. The number of nitrogens with one attached hydrogen (secondary N) is 1. The average molecular weight is 462 g/mol. The summed E-state index contributed by atoms with van der Waals surface area (Å²) in [6.45, 7) is 0.280. The van der Waals surface area contributed by atoms with E-state index in [0.717, 1.165) is 5.56 Å². The molecule has 0 saturated carbocycles. The van der Waals surface area contributed by atoms with Gasteiger partial charge in [-0.2, -0.15) is 0 Å². The summed E-state index contributed by atoms with van der Waals surface area (Å²) in [7, 11) is 0. The van der Waals surface area contributed by atoms with Crippen LogP contribution in [0.3, 0.4) is 0 Å². The number of nitrogen functional groups attached to an aromatic ring is 1. The molecule has 0 radical (unpaired) electrons.